The van der Waals surface area contributed by atoms with E-state index in [4.69, 9.17) is 5.11 Å². The number of hydrogen-bond donors (Lipinski definition) is 2. The number of carbonyl (C=O) groups excluding carboxylic acids is 1. The predicted molar refractivity (Wildman–Crippen MR) is 47.6 cm³/mol. The van der Waals surface area contributed by atoms with Crippen molar-refractivity contribution >= 4 is 11.9 Å². The van der Waals surface area contributed by atoms with Gasteiger partial charge in [0.2, 0.25) is 0 Å². The van der Waals surface area contributed by atoms with Gasteiger partial charge in [-0.2, -0.15) is 0 Å². The molecule has 0 radical (unpaired) electrons. The van der Waals surface area contributed by atoms with Crippen molar-refractivity contribution in [3.05, 3.63) is 18.2 Å². The summed E-state index contributed by atoms with van der Waals surface area (Å²) in [6.07, 6.45) is 3.95. The summed E-state index contributed by atoms with van der Waals surface area (Å²) in [5.74, 6) is -1.65. The molecule has 1 heterocycles. The maximum absolute atomic E-state index is 10.6. The highest BCUT2D eigenvalue weighted by atomic mass is 16.4. The number of carbonyl (C=O) groups is 2. The fourth-order valence-corrected chi connectivity index (χ4v) is 1.00. The van der Waals surface area contributed by atoms with Gasteiger partial charge in [0.15, 0.2) is 0 Å². The first kappa shape index (κ1) is 10.2. The van der Waals surface area contributed by atoms with Crippen LogP contribution < -0.4 is 5.32 Å². The molecular weight excluding hydrogens is 186 g/mol. The zero-order valence-corrected chi connectivity index (χ0v) is 7.73. The maximum Gasteiger partial charge on any atom is 0.394 e. The molecule has 76 valence electrons. The first-order chi connectivity index (χ1) is 6.61. The predicted octanol–water partition coefficient (Wildman–Crippen LogP) is -0.837. The Morgan fingerprint density at radius 1 is 1.64 bits per heavy atom. The number of amides is 1. The quantitative estimate of drug-likeness (QED) is 0.619. The van der Waals surface area contributed by atoms with Crippen LogP contribution in [0.3, 0.4) is 0 Å². The van der Waals surface area contributed by atoms with E-state index in [0.717, 1.165) is 5.82 Å². The van der Waals surface area contributed by atoms with Gasteiger partial charge in [0.1, 0.15) is 5.82 Å². The Morgan fingerprint density at radius 3 is 2.86 bits per heavy atom. The number of rotatable bonds is 3. The summed E-state index contributed by atoms with van der Waals surface area (Å²) in [6, 6.07) is 0. The third kappa shape index (κ3) is 2.58. The third-order valence-electron chi connectivity index (χ3n) is 1.75. The molecule has 0 atom stereocenters. The summed E-state index contributed by atoms with van der Waals surface area (Å²) in [5, 5.41) is 10.5. The lowest BCUT2D eigenvalue weighted by atomic mass is 10.4. The number of carboxylic acid groups (broad SMARTS) is 1. The van der Waals surface area contributed by atoms with Crippen molar-refractivity contribution in [1.29, 1.82) is 0 Å². The highest BCUT2D eigenvalue weighted by Crippen LogP contribution is 1.93. The fourth-order valence-electron chi connectivity index (χ4n) is 1.00. The monoisotopic (exact) mass is 197 g/mol. The molecule has 6 heteroatoms. The second-order valence-corrected chi connectivity index (χ2v) is 2.77. The first-order valence-electron chi connectivity index (χ1n) is 4.08. The van der Waals surface area contributed by atoms with Crippen molar-refractivity contribution in [3.63, 3.8) is 0 Å². The lowest BCUT2D eigenvalue weighted by Gasteiger charge is -2.02. The van der Waals surface area contributed by atoms with E-state index in [0.29, 0.717) is 6.42 Å². The molecular formula is C8H11N3O3. The van der Waals surface area contributed by atoms with Crippen molar-refractivity contribution in [2.45, 2.75) is 6.42 Å². The van der Waals surface area contributed by atoms with Gasteiger partial charge in [-0.05, 0) is 0 Å². The van der Waals surface area contributed by atoms with Crippen LogP contribution in [0.5, 0.6) is 0 Å². The molecule has 0 unspecified atom stereocenters. The molecule has 2 N–H and O–H groups in total. The minimum Gasteiger partial charge on any atom is -0.474 e. The Balaban J connectivity index is 2.32. The van der Waals surface area contributed by atoms with Crippen LogP contribution in [0.15, 0.2) is 12.4 Å². The zero-order chi connectivity index (χ0) is 10.6. The molecule has 0 aliphatic heterocycles. The molecule has 1 amide bonds. The summed E-state index contributed by atoms with van der Waals surface area (Å²) in [7, 11) is 1.83. The summed E-state index contributed by atoms with van der Waals surface area (Å²) in [6.45, 7) is 0.274. The Hall–Kier alpha value is -1.85. The van der Waals surface area contributed by atoms with Crippen LogP contribution in [0.1, 0.15) is 5.82 Å². The Labute approximate surface area is 80.6 Å². The highest BCUT2D eigenvalue weighted by molar-refractivity contribution is 6.31. The van der Waals surface area contributed by atoms with Gasteiger partial charge in [-0.3, -0.25) is 4.79 Å². The number of nitrogens with zero attached hydrogens (tertiary/aromatic N) is 2. The van der Waals surface area contributed by atoms with Gasteiger partial charge in [0.05, 0.1) is 0 Å². The lowest BCUT2D eigenvalue weighted by Crippen LogP contribution is -2.32. The summed E-state index contributed by atoms with van der Waals surface area (Å²) < 4.78 is 1.81. The zero-order valence-electron chi connectivity index (χ0n) is 7.73. The minimum absolute atomic E-state index is 0.274. The van der Waals surface area contributed by atoms with Gasteiger partial charge in [0, 0.05) is 32.4 Å². The smallest absolute Gasteiger partial charge is 0.394 e. The first-order valence-corrected chi connectivity index (χ1v) is 4.08. The normalized spacial score (nSPS) is 9.79. The number of aromatic nitrogens is 2. The second kappa shape index (κ2) is 4.40. The third-order valence-corrected chi connectivity index (χ3v) is 1.75. The number of hydrogen-bond acceptors (Lipinski definition) is 3. The average Bonchev–Trinajstić information content (AvgIpc) is 2.51. The Bertz CT molecular complexity index is 345. The van der Waals surface area contributed by atoms with E-state index in [1.54, 1.807) is 12.4 Å². The molecule has 0 aliphatic rings. The standard InChI is InChI=1S/C8H11N3O3/c1-11-5-4-9-6(11)2-3-10-7(12)8(13)14/h4-5H,2-3H2,1H3,(H,10,12)(H,13,14). The van der Waals surface area contributed by atoms with Gasteiger partial charge in [-0.1, -0.05) is 0 Å². The van der Waals surface area contributed by atoms with Crippen LogP contribution >= 0.6 is 0 Å². The molecule has 0 spiro atoms. The SMILES string of the molecule is Cn1ccnc1CCNC(=O)C(=O)O. The molecule has 0 bridgehead atoms. The molecule has 0 aromatic carbocycles. The Kier molecular flexibility index (Phi) is 3.22. The van der Waals surface area contributed by atoms with Crippen LogP contribution in [-0.2, 0) is 23.1 Å². The highest BCUT2D eigenvalue weighted by Gasteiger charge is 2.09. The Morgan fingerprint density at radius 2 is 2.36 bits per heavy atom. The van der Waals surface area contributed by atoms with Crippen molar-refractivity contribution in [2.24, 2.45) is 7.05 Å². The summed E-state index contributed by atoms with van der Waals surface area (Å²) >= 11 is 0. The molecule has 1 rings (SSSR count). The van der Waals surface area contributed by atoms with Crippen LogP contribution in [-0.4, -0.2) is 33.1 Å². The van der Waals surface area contributed by atoms with Crippen LogP contribution in [0.2, 0.25) is 0 Å². The largest absolute Gasteiger partial charge is 0.474 e. The molecule has 0 saturated carbocycles. The maximum atomic E-state index is 10.6. The average molecular weight is 197 g/mol. The number of aryl methyl sites for hydroxylation is 1. The summed E-state index contributed by atoms with van der Waals surface area (Å²) in [5.41, 5.74) is 0. The van der Waals surface area contributed by atoms with Crippen molar-refractivity contribution in [1.82, 2.24) is 14.9 Å². The van der Waals surface area contributed by atoms with Gasteiger partial charge in [-0.25, -0.2) is 9.78 Å². The molecule has 1 aromatic heterocycles. The van der Waals surface area contributed by atoms with E-state index in [1.165, 1.54) is 0 Å². The van der Waals surface area contributed by atoms with Gasteiger partial charge in [0.25, 0.3) is 0 Å². The van der Waals surface area contributed by atoms with Crippen LogP contribution in [0.25, 0.3) is 0 Å². The molecule has 6 nitrogen and oxygen atoms in total. The number of carboxylic acids is 1. The van der Waals surface area contributed by atoms with E-state index in [1.807, 2.05) is 11.6 Å². The molecule has 0 saturated heterocycles. The topological polar surface area (TPSA) is 84.2 Å². The van der Waals surface area contributed by atoms with E-state index in [-0.39, 0.29) is 6.54 Å². The van der Waals surface area contributed by atoms with Gasteiger partial charge < -0.3 is 15.0 Å². The van der Waals surface area contributed by atoms with E-state index >= 15 is 0 Å². The fraction of sp³-hybridized carbons (Fsp3) is 0.375. The molecule has 0 fully saturated rings. The molecule has 14 heavy (non-hydrogen) atoms. The van der Waals surface area contributed by atoms with Crippen molar-refractivity contribution in [2.75, 3.05) is 6.54 Å². The molecule has 0 aliphatic carbocycles. The van der Waals surface area contributed by atoms with Crippen molar-refractivity contribution < 1.29 is 14.7 Å². The van der Waals surface area contributed by atoms with E-state index < -0.39 is 11.9 Å². The van der Waals surface area contributed by atoms with E-state index in [2.05, 4.69) is 10.3 Å². The molecule has 1 aromatic rings. The van der Waals surface area contributed by atoms with Crippen LogP contribution in [0, 0.1) is 0 Å². The van der Waals surface area contributed by atoms with Gasteiger partial charge >= 0.3 is 11.9 Å². The van der Waals surface area contributed by atoms with Crippen molar-refractivity contribution in [3.8, 4) is 0 Å². The number of imidazole rings is 1. The van der Waals surface area contributed by atoms with E-state index in [9.17, 15) is 9.59 Å². The number of aliphatic carboxylic acids is 1. The minimum atomic E-state index is -1.47. The lowest BCUT2D eigenvalue weighted by molar-refractivity contribution is -0.150. The number of nitrogens with one attached hydrogen (secondary N) is 1. The summed E-state index contributed by atoms with van der Waals surface area (Å²) in [4.78, 5) is 24.8. The van der Waals surface area contributed by atoms with Crippen LogP contribution in [0.4, 0.5) is 0 Å². The second-order valence-electron chi connectivity index (χ2n) is 2.77. The van der Waals surface area contributed by atoms with Gasteiger partial charge in [-0.15, -0.1) is 0 Å².